The summed E-state index contributed by atoms with van der Waals surface area (Å²) in [6.45, 7) is 8.46. The van der Waals surface area contributed by atoms with Gasteiger partial charge < -0.3 is 15.1 Å². The van der Waals surface area contributed by atoms with Gasteiger partial charge in [0.2, 0.25) is 0 Å². The van der Waals surface area contributed by atoms with Crippen LogP contribution >= 0.6 is 23.6 Å². The summed E-state index contributed by atoms with van der Waals surface area (Å²) in [5.41, 5.74) is 2.30. The molecule has 3 nitrogen and oxygen atoms in total. The van der Waals surface area contributed by atoms with Crippen molar-refractivity contribution in [2.24, 2.45) is 0 Å². The number of thiocarbonyl (C=S) groups is 1. The van der Waals surface area contributed by atoms with Gasteiger partial charge in [0.15, 0.2) is 5.11 Å². The first-order valence-corrected chi connectivity index (χ1v) is 10.7. The fraction of sp³-hybridized carbons (Fsp3) is 0.476. The Morgan fingerprint density at radius 1 is 1.12 bits per heavy atom. The molecule has 2 aromatic rings. The molecular formula is C21H31N3S2. The summed E-state index contributed by atoms with van der Waals surface area (Å²) in [5.74, 6) is 0. The van der Waals surface area contributed by atoms with E-state index in [1.807, 2.05) is 0 Å². The van der Waals surface area contributed by atoms with E-state index in [1.165, 1.54) is 29.8 Å². The zero-order chi connectivity index (χ0) is 18.8. The van der Waals surface area contributed by atoms with Crippen LogP contribution in [0, 0.1) is 6.92 Å². The number of aryl methyl sites for hydroxylation is 1. The quantitative estimate of drug-likeness (QED) is 0.550. The topological polar surface area (TPSA) is 18.5 Å². The minimum absolute atomic E-state index is 0.806. The first-order valence-electron chi connectivity index (χ1n) is 9.42. The fourth-order valence-corrected chi connectivity index (χ4v) is 3.83. The first kappa shape index (κ1) is 20.9. The molecule has 0 amide bonds. The molecule has 0 fully saturated rings. The second kappa shape index (κ2) is 11.3. The van der Waals surface area contributed by atoms with Gasteiger partial charge in [0.05, 0.1) is 6.54 Å². The van der Waals surface area contributed by atoms with E-state index in [9.17, 15) is 0 Å². The number of hydrogen-bond donors (Lipinski definition) is 1. The van der Waals surface area contributed by atoms with Gasteiger partial charge in [-0.3, -0.25) is 0 Å². The minimum atomic E-state index is 0.806. The zero-order valence-electron chi connectivity index (χ0n) is 16.2. The van der Waals surface area contributed by atoms with Crippen LogP contribution in [0.25, 0.3) is 0 Å². The van der Waals surface area contributed by atoms with Gasteiger partial charge in [-0.05, 0) is 81.3 Å². The molecule has 1 N–H and O–H groups in total. The third-order valence-electron chi connectivity index (χ3n) is 4.34. The molecule has 0 spiro atoms. The standard InChI is InChI=1S/C21H31N3S2/c1-4-5-12-23(3)13-8-14-24(17-20-11-7-15-26-20)21(25)22-19-10-6-9-18(2)16-19/h6-7,9-11,15-16H,4-5,8,12-14,17H2,1-3H3,(H,22,25). The van der Waals surface area contributed by atoms with Crippen molar-refractivity contribution < 1.29 is 0 Å². The van der Waals surface area contributed by atoms with Crippen molar-refractivity contribution in [3.8, 4) is 0 Å². The number of hydrogen-bond acceptors (Lipinski definition) is 3. The number of nitrogens with one attached hydrogen (secondary N) is 1. The number of benzene rings is 1. The molecule has 5 heteroatoms. The average molecular weight is 390 g/mol. The van der Waals surface area contributed by atoms with Crippen LogP contribution in [0.5, 0.6) is 0 Å². The van der Waals surface area contributed by atoms with E-state index in [1.54, 1.807) is 11.3 Å². The lowest BCUT2D eigenvalue weighted by Gasteiger charge is -2.27. The average Bonchev–Trinajstić information content (AvgIpc) is 3.12. The monoisotopic (exact) mass is 389 g/mol. The Balaban J connectivity index is 1.92. The molecule has 0 aliphatic heterocycles. The van der Waals surface area contributed by atoms with E-state index < -0.39 is 0 Å². The van der Waals surface area contributed by atoms with Crippen molar-refractivity contribution in [1.29, 1.82) is 0 Å². The molecule has 142 valence electrons. The van der Waals surface area contributed by atoms with Crippen molar-refractivity contribution in [2.75, 3.05) is 32.0 Å². The van der Waals surface area contributed by atoms with Crippen molar-refractivity contribution in [3.05, 3.63) is 52.2 Å². The van der Waals surface area contributed by atoms with Crippen LogP contribution in [0.2, 0.25) is 0 Å². The van der Waals surface area contributed by atoms with Crippen molar-refractivity contribution >= 4 is 34.4 Å². The molecule has 0 radical (unpaired) electrons. The Labute approximate surface area is 168 Å². The second-order valence-corrected chi connectivity index (χ2v) is 8.23. The van der Waals surface area contributed by atoms with Gasteiger partial charge in [0.1, 0.15) is 0 Å². The first-order chi connectivity index (χ1) is 12.6. The number of rotatable bonds is 10. The Morgan fingerprint density at radius 2 is 1.92 bits per heavy atom. The van der Waals surface area contributed by atoms with Crippen LogP contribution in [0.1, 0.15) is 36.6 Å². The van der Waals surface area contributed by atoms with Crippen LogP contribution < -0.4 is 5.32 Å². The highest BCUT2D eigenvalue weighted by Gasteiger charge is 2.12. The van der Waals surface area contributed by atoms with Crippen LogP contribution in [-0.4, -0.2) is 41.6 Å². The van der Waals surface area contributed by atoms with E-state index in [2.05, 4.69) is 77.8 Å². The number of thiophene rings is 1. The molecule has 1 heterocycles. The lowest BCUT2D eigenvalue weighted by Crippen LogP contribution is -2.36. The molecule has 0 saturated heterocycles. The van der Waals surface area contributed by atoms with Gasteiger partial charge in [0.25, 0.3) is 0 Å². The molecule has 0 saturated carbocycles. The molecule has 0 aliphatic rings. The molecule has 1 aromatic carbocycles. The highest BCUT2D eigenvalue weighted by Crippen LogP contribution is 2.15. The van der Waals surface area contributed by atoms with Crippen LogP contribution in [0.4, 0.5) is 5.69 Å². The smallest absolute Gasteiger partial charge is 0.173 e. The van der Waals surface area contributed by atoms with Gasteiger partial charge in [-0.25, -0.2) is 0 Å². The Morgan fingerprint density at radius 3 is 2.62 bits per heavy atom. The summed E-state index contributed by atoms with van der Waals surface area (Å²) < 4.78 is 0. The Bertz CT molecular complexity index is 655. The minimum Gasteiger partial charge on any atom is -0.344 e. The normalized spacial score (nSPS) is 10.9. The van der Waals surface area contributed by atoms with Gasteiger partial charge >= 0.3 is 0 Å². The second-order valence-electron chi connectivity index (χ2n) is 6.81. The SMILES string of the molecule is CCCCN(C)CCCN(Cc1cccs1)C(=S)Nc1cccc(C)c1. The maximum absolute atomic E-state index is 5.73. The molecule has 1 aromatic heterocycles. The summed E-state index contributed by atoms with van der Waals surface area (Å²) in [4.78, 5) is 6.05. The van der Waals surface area contributed by atoms with E-state index in [0.29, 0.717) is 0 Å². The fourth-order valence-electron chi connectivity index (χ4n) is 2.84. The molecular weight excluding hydrogens is 358 g/mol. The number of unbranched alkanes of at least 4 members (excludes halogenated alkanes) is 1. The summed E-state index contributed by atoms with van der Waals surface area (Å²) in [6.07, 6.45) is 3.63. The zero-order valence-corrected chi connectivity index (χ0v) is 17.8. The highest BCUT2D eigenvalue weighted by molar-refractivity contribution is 7.80. The predicted molar refractivity (Wildman–Crippen MR) is 119 cm³/mol. The lowest BCUT2D eigenvalue weighted by atomic mass is 10.2. The largest absolute Gasteiger partial charge is 0.344 e. The maximum Gasteiger partial charge on any atom is 0.173 e. The summed E-state index contributed by atoms with van der Waals surface area (Å²) in [7, 11) is 2.21. The maximum atomic E-state index is 5.73. The molecule has 26 heavy (non-hydrogen) atoms. The summed E-state index contributed by atoms with van der Waals surface area (Å²) in [5, 5.41) is 6.35. The van der Waals surface area contributed by atoms with E-state index >= 15 is 0 Å². The van der Waals surface area contributed by atoms with Crippen LogP contribution in [0.3, 0.4) is 0 Å². The highest BCUT2D eigenvalue weighted by atomic mass is 32.1. The Kier molecular flexibility index (Phi) is 9.09. The van der Waals surface area contributed by atoms with E-state index in [4.69, 9.17) is 12.2 Å². The van der Waals surface area contributed by atoms with E-state index in [0.717, 1.165) is 36.9 Å². The lowest BCUT2D eigenvalue weighted by molar-refractivity contribution is 0.300. The molecule has 0 aliphatic carbocycles. The van der Waals surface area contributed by atoms with Gasteiger partial charge in [-0.15, -0.1) is 11.3 Å². The molecule has 0 unspecified atom stereocenters. The third kappa shape index (κ3) is 7.44. The van der Waals surface area contributed by atoms with Gasteiger partial charge in [-0.2, -0.15) is 0 Å². The summed E-state index contributed by atoms with van der Waals surface area (Å²) in [6, 6.07) is 12.7. The van der Waals surface area contributed by atoms with Crippen molar-refractivity contribution in [1.82, 2.24) is 9.80 Å². The van der Waals surface area contributed by atoms with Crippen molar-refractivity contribution in [2.45, 2.75) is 39.7 Å². The third-order valence-corrected chi connectivity index (χ3v) is 5.57. The van der Waals surface area contributed by atoms with E-state index in [-0.39, 0.29) is 0 Å². The Hall–Kier alpha value is -1.43. The predicted octanol–water partition coefficient (Wildman–Crippen LogP) is 5.38. The molecule has 0 bridgehead atoms. The van der Waals surface area contributed by atoms with Crippen LogP contribution in [-0.2, 0) is 6.54 Å². The summed E-state index contributed by atoms with van der Waals surface area (Å²) >= 11 is 7.52. The van der Waals surface area contributed by atoms with Crippen LogP contribution in [0.15, 0.2) is 41.8 Å². The molecule has 0 atom stereocenters. The number of anilines is 1. The molecule has 2 rings (SSSR count). The van der Waals surface area contributed by atoms with Gasteiger partial charge in [-0.1, -0.05) is 31.5 Å². The van der Waals surface area contributed by atoms with Gasteiger partial charge in [0, 0.05) is 17.1 Å². The van der Waals surface area contributed by atoms with Crippen molar-refractivity contribution in [3.63, 3.8) is 0 Å². The number of nitrogens with zero attached hydrogens (tertiary/aromatic N) is 2.